The van der Waals surface area contributed by atoms with Crippen LogP contribution in [-0.2, 0) is 37.3 Å². The normalized spacial score (nSPS) is 22.5. The molecule has 3 N–H and O–H groups in total. The van der Waals surface area contributed by atoms with Crippen LogP contribution in [0.1, 0.15) is 111 Å². The van der Waals surface area contributed by atoms with Gasteiger partial charge in [-0.15, -0.1) is 0 Å². The molecule has 0 radical (unpaired) electrons. The zero-order valence-corrected chi connectivity index (χ0v) is 37.3. The number of hydrogen-bond acceptors (Lipinski definition) is 12. The Labute approximate surface area is 379 Å². The lowest BCUT2D eigenvalue weighted by molar-refractivity contribution is -0.135. The van der Waals surface area contributed by atoms with E-state index in [-0.39, 0.29) is 65.6 Å². The van der Waals surface area contributed by atoms with Gasteiger partial charge in [0.2, 0.25) is 11.8 Å². The van der Waals surface area contributed by atoms with Gasteiger partial charge >= 0.3 is 5.69 Å². The number of amides is 3. The number of nitrogens with zero attached hydrogens (tertiary/aromatic N) is 8. The van der Waals surface area contributed by atoms with E-state index < -0.39 is 30.0 Å². The van der Waals surface area contributed by atoms with E-state index in [1.165, 1.54) is 21.5 Å². The van der Waals surface area contributed by atoms with Crippen molar-refractivity contribution in [2.45, 2.75) is 108 Å². The number of morpholine rings is 1. The Kier molecular flexibility index (Phi) is 13.4. The topological polar surface area (TPSA) is 201 Å². The number of nitrogens with one attached hydrogen (secondary N) is 3. The average Bonchev–Trinajstić information content (AvgIpc) is 4.16. The second-order valence-electron chi connectivity index (χ2n) is 18.2. The lowest BCUT2D eigenvalue weighted by Crippen LogP contribution is -2.44. The van der Waals surface area contributed by atoms with Gasteiger partial charge in [0, 0.05) is 58.1 Å². The number of ether oxygens (including phenoxy) is 2. The van der Waals surface area contributed by atoms with Gasteiger partial charge in [-0.2, -0.15) is 10.2 Å². The Morgan fingerprint density at radius 2 is 1.86 bits per heavy atom. The number of carbonyl (C=O) groups excluding carboxylic acids is 4. The maximum Gasteiger partial charge on any atom is 0.329 e. The molecule has 18 nitrogen and oxygen atoms in total. The van der Waals surface area contributed by atoms with Crippen LogP contribution in [0.15, 0.2) is 47.7 Å². The van der Waals surface area contributed by atoms with Crippen LogP contribution >= 0.6 is 0 Å². The van der Waals surface area contributed by atoms with Crippen LogP contribution in [0.4, 0.5) is 20.3 Å². The van der Waals surface area contributed by atoms with Gasteiger partial charge in [0.15, 0.2) is 11.3 Å². The molecule has 5 aromatic rings. The van der Waals surface area contributed by atoms with Crippen molar-refractivity contribution in [2.75, 3.05) is 49.7 Å². The molecule has 4 aromatic heterocycles. The molecule has 2 bridgehead atoms. The fraction of sp³-hybridized carbons (Fsp3) is 0.565. The summed E-state index contributed by atoms with van der Waals surface area (Å²) in [6.45, 7) is 5.32. The van der Waals surface area contributed by atoms with Gasteiger partial charge in [-0.25, -0.2) is 23.1 Å². The number of aromatic nitrogens is 7. The third-order valence-corrected chi connectivity index (χ3v) is 13.9. The van der Waals surface area contributed by atoms with E-state index in [2.05, 4.69) is 31.0 Å². The summed E-state index contributed by atoms with van der Waals surface area (Å²) in [6.07, 6.45) is 9.35. The molecule has 4 fully saturated rings. The summed E-state index contributed by atoms with van der Waals surface area (Å²) in [5.74, 6) is -0.317. The molecule has 20 heteroatoms. The molecule has 66 heavy (non-hydrogen) atoms. The molecule has 7 heterocycles. The standard InChI is InChI=1S/C46H57F2N11O7/c1-27(60)30(8-5-19-65-18-4-7-29-6-3-9-36-41(29)55(2)46(64)59(36)37-14-15-39(61)53-45(37)63)22-49-21-28-10-12-31(13-11-28)58-25-35(40(54-58)42(47)48)51-44(62)34-23-50-57-17-16-38(52-43(34)57)56-24-33-20-32(56)26-66-33/h3,6,9,16-17,23,25,28,30-33,37,42,49H,4-5,7-8,10-15,18-22,24,26H2,1-2H3,(H,51,62)(H,53,61,63)/t28?,30?,31?,32-,33-,37?/m1/s1. The van der Waals surface area contributed by atoms with Crippen LogP contribution in [-0.4, -0.2) is 109 Å². The minimum Gasteiger partial charge on any atom is -0.381 e. The molecule has 1 aromatic carbocycles. The number of Topliss-reactive ketones (excluding diaryl/α,β-unsaturated/α-hetero) is 1. The SMILES string of the molecule is CC(=O)C(CCCOCCCc1cccc2c1n(C)c(=O)n2C1CCC(=O)NC1=O)CNCC1CCC(n2cc(NC(=O)c3cnn4ccc(N5C[C@H]6C[C@@H]5CO6)nc34)c(C(F)F)n2)CC1. The molecule has 3 saturated heterocycles. The maximum atomic E-state index is 14.3. The third-order valence-electron chi connectivity index (χ3n) is 13.9. The maximum absolute atomic E-state index is 14.3. The summed E-state index contributed by atoms with van der Waals surface area (Å²) < 4.78 is 46.3. The van der Waals surface area contributed by atoms with Crippen molar-refractivity contribution < 1.29 is 37.4 Å². The molecule has 9 rings (SSSR count). The fourth-order valence-electron chi connectivity index (χ4n) is 10.3. The van der Waals surface area contributed by atoms with Crippen LogP contribution in [0.25, 0.3) is 16.7 Å². The number of piperidine rings is 1. The second-order valence-corrected chi connectivity index (χ2v) is 18.2. The van der Waals surface area contributed by atoms with E-state index in [0.29, 0.717) is 56.3 Å². The molecule has 1 saturated carbocycles. The summed E-state index contributed by atoms with van der Waals surface area (Å²) in [4.78, 5) is 70.5. The molecule has 2 unspecified atom stereocenters. The van der Waals surface area contributed by atoms with Crippen molar-refractivity contribution in [1.29, 1.82) is 0 Å². The third kappa shape index (κ3) is 9.40. The smallest absolute Gasteiger partial charge is 0.329 e. The minimum atomic E-state index is -2.88. The lowest BCUT2D eigenvalue weighted by Gasteiger charge is -2.29. The van der Waals surface area contributed by atoms with Gasteiger partial charge in [0.1, 0.15) is 23.2 Å². The highest BCUT2D eigenvalue weighted by atomic mass is 19.3. The van der Waals surface area contributed by atoms with Gasteiger partial charge in [-0.3, -0.25) is 38.3 Å². The fourth-order valence-corrected chi connectivity index (χ4v) is 10.3. The number of fused-ring (bicyclic) bond motifs is 4. The highest BCUT2D eigenvalue weighted by Crippen LogP contribution is 2.36. The predicted octanol–water partition coefficient (Wildman–Crippen LogP) is 4.68. The Balaban J connectivity index is 0.701. The van der Waals surface area contributed by atoms with Crippen molar-refractivity contribution in [2.24, 2.45) is 18.9 Å². The average molecular weight is 914 g/mol. The Morgan fingerprint density at radius 3 is 2.61 bits per heavy atom. The molecule has 352 valence electrons. The zero-order valence-electron chi connectivity index (χ0n) is 37.3. The van der Waals surface area contributed by atoms with E-state index in [4.69, 9.17) is 14.5 Å². The van der Waals surface area contributed by atoms with Crippen LogP contribution in [0.3, 0.4) is 0 Å². The van der Waals surface area contributed by atoms with Crippen molar-refractivity contribution in [3.05, 3.63) is 70.2 Å². The van der Waals surface area contributed by atoms with E-state index >= 15 is 0 Å². The first-order valence-corrected chi connectivity index (χ1v) is 23.2. The number of rotatable bonds is 19. The van der Waals surface area contributed by atoms with E-state index in [9.17, 15) is 32.8 Å². The number of alkyl halides is 2. The summed E-state index contributed by atoms with van der Waals surface area (Å²) in [7, 11) is 1.70. The Bertz CT molecular complexity index is 2670. The highest BCUT2D eigenvalue weighted by molar-refractivity contribution is 6.08. The van der Waals surface area contributed by atoms with E-state index in [0.717, 1.165) is 74.9 Å². The summed E-state index contributed by atoms with van der Waals surface area (Å²) >= 11 is 0. The molecule has 3 aliphatic heterocycles. The van der Waals surface area contributed by atoms with Crippen molar-refractivity contribution in [3.63, 3.8) is 0 Å². The number of aryl methyl sites for hydroxylation is 2. The number of hydrogen-bond donors (Lipinski definition) is 3. The first kappa shape index (κ1) is 45.3. The monoisotopic (exact) mass is 913 g/mol. The van der Waals surface area contributed by atoms with Crippen LogP contribution in [0, 0.1) is 11.8 Å². The predicted molar refractivity (Wildman–Crippen MR) is 239 cm³/mol. The quantitative estimate of drug-likeness (QED) is 0.0765. The Morgan fingerprint density at radius 1 is 1.05 bits per heavy atom. The van der Waals surface area contributed by atoms with Gasteiger partial charge in [0.25, 0.3) is 12.3 Å². The highest BCUT2D eigenvalue weighted by Gasteiger charge is 2.40. The number of ketones is 1. The molecular formula is C46H57F2N11O7. The van der Waals surface area contributed by atoms with E-state index in [1.807, 2.05) is 24.3 Å². The summed E-state index contributed by atoms with van der Waals surface area (Å²) in [5.41, 5.74) is 2.11. The van der Waals surface area contributed by atoms with Crippen molar-refractivity contribution in [3.8, 4) is 0 Å². The first-order valence-electron chi connectivity index (χ1n) is 23.2. The number of para-hydroxylation sites is 1. The molecular weight excluding hydrogens is 857 g/mol. The van der Waals surface area contributed by atoms with Crippen LogP contribution in [0.5, 0.6) is 0 Å². The molecule has 4 atom stereocenters. The number of imide groups is 1. The van der Waals surface area contributed by atoms with Gasteiger partial charge in [0.05, 0.1) is 47.7 Å². The number of imidazole rings is 1. The molecule has 4 aliphatic rings. The molecule has 0 spiro atoms. The summed E-state index contributed by atoms with van der Waals surface area (Å²) in [5, 5.41) is 17.0. The van der Waals surface area contributed by atoms with Gasteiger partial charge < -0.3 is 25.0 Å². The van der Waals surface area contributed by atoms with E-state index in [1.54, 1.807) is 29.4 Å². The van der Waals surface area contributed by atoms with Crippen LogP contribution in [0.2, 0.25) is 0 Å². The summed E-state index contributed by atoms with van der Waals surface area (Å²) in [6, 6.07) is 6.94. The largest absolute Gasteiger partial charge is 0.381 e. The second kappa shape index (κ2) is 19.5. The zero-order chi connectivity index (χ0) is 46.1. The number of benzene rings is 1. The lowest BCUT2D eigenvalue weighted by atomic mass is 9.86. The van der Waals surface area contributed by atoms with Crippen molar-refractivity contribution >= 4 is 51.7 Å². The number of halogens is 2. The van der Waals surface area contributed by atoms with Crippen LogP contribution < -0.4 is 26.5 Å². The Hall–Kier alpha value is -5.86. The minimum absolute atomic E-state index is 0.0348. The number of carbonyl (C=O) groups is 4. The van der Waals surface area contributed by atoms with Gasteiger partial charge in [-0.05, 0) is 101 Å². The van der Waals surface area contributed by atoms with Crippen molar-refractivity contribution in [1.82, 2.24) is 44.1 Å². The van der Waals surface area contributed by atoms with Gasteiger partial charge in [-0.1, -0.05) is 12.1 Å². The molecule has 3 amide bonds. The first-order chi connectivity index (χ1) is 31.9. The number of anilines is 2. The molecule has 1 aliphatic carbocycles.